The van der Waals surface area contributed by atoms with Crippen LogP contribution in [0.3, 0.4) is 0 Å². The number of hydrogen-bond acceptors (Lipinski definition) is 4. The summed E-state index contributed by atoms with van der Waals surface area (Å²) in [5, 5.41) is 0. The maximum Gasteiger partial charge on any atom is 0.365 e. The highest BCUT2D eigenvalue weighted by molar-refractivity contribution is 6.76. The van der Waals surface area contributed by atoms with Crippen molar-refractivity contribution >= 4 is 16.8 Å². The van der Waals surface area contributed by atoms with Crippen molar-refractivity contribution in [3.63, 3.8) is 0 Å². The van der Waals surface area contributed by atoms with Crippen LogP contribution in [0.5, 0.6) is 0 Å². The Morgan fingerprint density at radius 3 is 1.69 bits per heavy atom. The van der Waals surface area contributed by atoms with Crippen LogP contribution in [0.25, 0.3) is 0 Å². The zero-order chi connectivity index (χ0) is 12.7. The Hall–Kier alpha value is 0.274. The van der Waals surface area contributed by atoms with Crippen molar-refractivity contribution in [2.24, 2.45) is 0 Å². The molecule has 0 aliphatic carbocycles. The normalized spacial score (nSPS) is 13.1. The van der Waals surface area contributed by atoms with Gasteiger partial charge in [-0.25, -0.2) is 0 Å². The van der Waals surface area contributed by atoms with E-state index in [4.69, 9.17) is 0 Å². The largest absolute Gasteiger partial charge is 0.365 e. The molecule has 0 saturated heterocycles. The van der Waals surface area contributed by atoms with Crippen LogP contribution < -0.4 is 19.9 Å². The average Bonchev–Trinajstić information content (AvgIpc) is 2.16. The van der Waals surface area contributed by atoms with Gasteiger partial charge >= 0.3 is 8.72 Å². The van der Waals surface area contributed by atoms with Gasteiger partial charge in [0.05, 0.1) is 0 Å². The third-order valence-electron chi connectivity index (χ3n) is 2.52. The van der Waals surface area contributed by atoms with Gasteiger partial charge in [-0.3, -0.25) is 0 Å². The molecule has 98 valence electrons. The molecule has 0 saturated carbocycles. The van der Waals surface area contributed by atoms with Crippen LogP contribution in [0.4, 0.5) is 0 Å². The fourth-order valence-electron chi connectivity index (χ4n) is 1.61. The van der Waals surface area contributed by atoms with E-state index in [1.165, 1.54) is 6.04 Å². The van der Waals surface area contributed by atoms with Crippen molar-refractivity contribution in [2.75, 3.05) is 26.7 Å². The van der Waals surface area contributed by atoms with Crippen molar-refractivity contribution in [1.82, 2.24) is 19.9 Å². The van der Waals surface area contributed by atoms with Crippen molar-refractivity contribution in [1.29, 1.82) is 0 Å². The molecule has 0 rings (SSSR count). The van der Waals surface area contributed by atoms with Crippen LogP contribution >= 0.6 is 0 Å². The highest BCUT2D eigenvalue weighted by Gasteiger charge is 2.31. The van der Waals surface area contributed by atoms with Gasteiger partial charge < -0.3 is 19.9 Å². The Morgan fingerprint density at radius 1 is 0.875 bits per heavy atom. The van der Waals surface area contributed by atoms with E-state index in [2.05, 4.69) is 53.4 Å². The van der Waals surface area contributed by atoms with E-state index in [1.807, 2.05) is 7.05 Å². The van der Waals surface area contributed by atoms with Gasteiger partial charge in [0.15, 0.2) is 0 Å². The van der Waals surface area contributed by atoms with Gasteiger partial charge in [0, 0.05) is 8.07 Å². The van der Waals surface area contributed by atoms with Gasteiger partial charge in [0.1, 0.15) is 0 Å². The lowest BCUT2D eigenvalue weighted by atomic mass is 10.8. The summed E-state index contributed by atoms with van der Waals surface area (Å²) in [4.78, 5) is 14.2. The lowest BCUT2D eigenvalue weighted by Crippen LogP contribution is -2.80. The molecule has 0 aliphatic heterocycles. The topological polar surface area (TPSA) is 48.1 Å². The van der Waals surface area contributed by atoms with Crippen LogP contribution in [-0.2, 0) is 0 Å². The van der Waals surface area contributed by atoms with Crippen LogP contribution in [-0.4, -0.2) is 43.5 Å². The number of nitrogens with one attached hydrogen (secondary N) is 4. The first-order chi connectivity index (χ1) is 7.39. The smallest absolute Gasteiger partial charge is 0.303 e. The maximum atomic E-state index is 3.68. The Kier molecular flexibility index (Phi) is 7.70. The molecule has 0 aromatic heterocycles. The van der Waals surface area contributed by atoms with Gasteiger partial charge in [-0.15, -0.1) is 0 Å². The first kappa shape index (κ1) is 16.3. The minimum Gasteiger partial charge on any atom is -0.303 e. The third kappa shape index (κ3) is 6.77. The van der Waals surface area contributed by atoms with Gasteiger partial charge in [-0.1, -0.05) is 33.5 Å². The lowest BCUT2D eigenvalue weighted by Gasteiger charge is -2.32. The summed E-state index contributed by atoms with van der Waals surface area (Å²) in [7, 11) is -0.759. The van der Waals surface area contributed by atoms with Gasteiger partial charge in [-0.2, -0.15) is 0 Å². The molecule has 0 amide bonds. The molecule has 0 aromatic carbocycles. The molecule has 4 nitrogen and oxygen atoms in total. The minimum atomic E-state index is -1.85. The van der Waals surface area contributed by atoms with Crippen molar-refractivity contribution in [3.05, 3.63) is 0 Å². The SMILES string of the molecule is CCN[Si](NC)(NCC)NCC[Si](C)(C)C. The van der Waals surface area contributed by atoms with Crippen LogP contribution in [0.15, 0.2) is 0 Å². The predicted octanol–water partition coefficient (Wildman–Crippen LogP) is 0.788. The standard InChI is InChI=1S/C10H30N4Si2/c1-7-12-16(11-3,13-8-2)14-9-10-15(4,5)6/h11-14H,7-10H2,1-6H3. The molecule has 4 N–H and O–H groups in total. The van der Waals surface area contributed by atoms with Gasteiger partial charge in [0.2, 0.25) is 0 Å². The second-order valence-corrected chi connectivity index (χ2v) is 14.0. The monoisotopic (exact) mass is 262 g/mol. The van der Waals surface area contributed by atoms with Crippen LogP contribution in [0.2, 0.25) is 25.7 Å². The predicted molar refractivity (Wildman–Crippen MR) is 78.3 cm³/mol. The molecule has 6 heteroatoms. The summed E-state index contributed by atoms with van der Waals surface area (Å²) in [5.74, 6) is 0. The molecule has 0 heterocycles. The molecule has 16 heavy (non-hydrogen) atoms. The fourth-order valence-corrected chi connectivity index (χ4v) is 5.20. The van der Waals surface area contributed by atoms with E-state index in [-0.39, 0.29) is 0 Å². The molecule has 0 aliphatic rings. The maximum absolute atomic E-state index is 3.68. The van der Waals surface area contributed by atoms with Gasteiger partial charge in [-0.05, 0) is 32.7 Å². The Labute approximate surface area is 103 Å². The minimum absolute atomic E-state index is 0.939. The summed E-state index contributed by atoms with van der Waals surface area (Å²) in [6.45, 7) is 14.6. The van der Waals surface area contributed by atoms with Crippen LogP contribution in [0, 0.1) is 0 Å². The molecule has 0 aromatic rings. The Bertz CT molecular complexity index is 176. The average molecular weight is 263 g/mol. The lowest BCUT2D eigenvalue weighted by molar-refractivity contribution is 0.730. The van der Waals surface area contributed by atoms with E-state index in [0.717, 1.165) is 19.6 Å². The molecule has 0 radical (unpaired) electrons. The first-order valence-corrected chi connectivity index (χ1v) is 12.0. The number of hydrogen-bond donors (Lipinski definition) is 4. The fraction of sp³-hybridized carbons (Fsp3) is 1.00. The first-order valence-electron chi connectivity index (χ1n) is 6.33. The van der Waals surface area contributed by atoms with Crippen molar-refractivity contribution in [3.8, 4) is 0 Å². The van der Waals surface area contributed by atoms with Crippen molar-refractivity contribution < 1.29 is 0 Å². The molecule has 0 bridgehead atoms. The number of rotatable bonds is 9. The zero-order valence-corrected chi connectivity index (χ0v) is 13.8. The van der Waals surface area contributed by atoms with E-state index >= 15 is 0 Å². The molecular weight excluding hydrogens is 232 g/mol. The molecule has 0 unspecified atom stereocenters. The highest BCUT2D eigenvalue weighted by atomic mass is 28.4. The molecule has 0 fully saturated rings. The summed E-state index contributed by atoms with van der Waals surface area (Å²) in [5.41, 5.74) is 0. The summed E-state index contributed by atoms with van der Waals surface area (Å²) < 4.78 is 0. The quantitative estimate of drug-likeness (QED) is 0.464. The molecular formula is C10H30N4Si2. The van der Waals surface area contributed by atoms with E-state index < -0.39 is 16.8 Å². The second-order valence-electron chi connectivity index (χ2n) is 5.30. The Balaban J connectivity index is 4.19. The van der Waals surface area contributed by atoms with Gasteiger partial charge in [0.25, 0.3) is 0 Å². The van der Waals surface area contributed by atoms with E-state index in [1.54, 1.807) is 0 Å². The van der Waals surface area contributed by atoms with E-state index in [0.29, 0.717) is 0 Å². The highest BCUT2D eigenvalue weighted by Crippen LogP contribution is 2.06. The Morgan fingerprint density at radius 2 is 1.38 bits per heavy atom. The summed E-state index contributed by atoms with van der Waals surface area (Å²) in [6.07, 6.45) is 0. The second kappa shape index (κ2) is 7.57. The summed E-state index contributed by atoms with van der Waals surface area (Å²) in [6, 6.07) is 1.32. The molecule has 0 spiro atoms. The van der Waals surface area contributed by atoms with Crippen LogP contribution in [0.1, 0.15) is 13.8 Å². The zero-order valence-electron chi connectivity index (χ0n) is 11.8. The third-order valence-corrected chi connectivity index (χ3v) is 7.57. The summed E-state index contributed by atoms with van der Waals surface area (Å²) >= 11 is 0. The van der Waals surface area contributed by atoms with Crippen molar-refractivity contribution in [2.45, 2.75) is 39.5 Å². The molecule has 0 atom stereocenters. The van der Waals surface area contributed by atoms with E-state index in [9.17, 15) is 0 Å².